The fraction of sp³-hybridized carbons (Fsp3) is 0.381. The van der Waals surface area contributed by atoms with Crippen LogP contribution in [0.3, 0.4) is 0 Å². The van der Waals surface area contributed by atoms with Crippen LogP contribution in [-0.2, 0) is 6.42 Å². The molecule has 0 radical (unpaired) electrons. The zero-order valence-corrected chi connectivity index (χ0v) is 18.7. The van der Waals surface area contributed by atoms with Crippen LogP contribution in [0, 0.1) is 6.92 Å². The van der Waals surface area contributed by atoms with E-state index < -0.39 is 6.10 Å². The van der Waals surface area contributed by atoms with Crippen LogP contribution in [0.15, 0.2) is 30.5 Å². The molecule has 31 heavy (non-hydrogen) atoms. The quantitative estimate of drug-likeness (QED) is 0.540. The van der Waals surface area contributed by atoms with Gasteiger partial charge in [0.15, 0.2) is 5.13 Å². The third kappa shape index (κ3) is 5.07. The predicted octanol–water partition coefficient (Wildman–Crippen LogP) is 2.90. The van der Waals surface area contributed by atoms with E-state index in [1.807, 2.05) is 24.0 Å². The Hall–Kier alpha value is -2.46. The molecule has 1 aromatic carbocycles. The van der Waals surface area contributed by atoms with Gasteiger partial charge >= 0.3 is 6.03 Å². The standard InChI is InChI=1S/C21H24ClN5O3S/c1-13-2-3-17-18(8-13)31-20(24-17)25-21(30)27-6-4-26(5-7-27)19-16(22)10-14(11-23-19)9-15(29)12-28/h2-3,8,10-11,15,28-29H,4-7,9,12H2,1H3,(H,24,25,30)/t15-/m1/s1. The number of amides is 2. The van der Waals surface area contributed by atoms with E-state index in [-0.39, 0.29) is 12.6 Å². The number of nitrogens with one attached hydrogen (secondary N) is 1. The summed E-state index contributed by atoms with van der Waals surface area (Å²) in [5.74, 6) is 0.658. The molecule has 1 fully saturated rings. The summed E-state index contributed by atoms with van der Waals surface area (Å²) >= 11 is 7.87. The summed E-state index contributed by atoms with van der Waals surface area (Å²) in [5, 5.41) is 22.6. The summed E-state index contributed by atoms with van der Waals surface area (Å²) in [6.07, 6.45) is 1.13. The molecule has 0 bridgehead atoms. The van der Waals surface area contributed by atoms with Gasteiger partial charge in [-0.15, -0.1) is 0 Å². The van der Waals surface area contributed by atoms with Crippen molar-refractivity contribution >= 4 is 50.1 Å². The number of halogens is 1. The summed E-state index contributed by atoms with van der Waals surface area (Å²) in [5.41, 5.74) is 2.81. The third-order valence-electron chi connectivity index (χ3n) is 5.18. The van der Waals surface area contributed by atoms with Crippen molar-refractivity contribution in [3.05, 3.63) is 46.6 Å². The summed E-state index contributed by atoms with van der Waals surface area (Å²) in [4.78, 5) is 25.4. The number of hydrogen-bond donors (Lipinski definition) is 3. The first-order chi connectivity index (χ1) is 14.9. The van der Waals surface area contributed by atoms with E-state index in [2.05, 4.69) is 21.4 Å². The number of aliphatic hydroxyl groups is 2. The molecule has 3 aromatic rings. The second-order valence-electron chi connectivity index (χ2n) is 7.58. The highest BCUT2D eigenvalue weighted by atomic mass is 35.5. The highest BCUT2D eigenvalue weighted by Crippen LogP contribution is 2.28. The molecule has 164 valence electrons. The lowest BCUT2D eigenvalue weighted by Gasteiger charge is -2.35. The predicted molar refractivity (Wildman–Crippen MR) is 123 cm³/mol. The molecule has 1 atom stereocenters. The number of fused-ring (bicyclic) bond motifs is 1. The maximum absolute atomic E-state index is 12.7. The zero-order valence-electron chi connectivity index (χ0n) is 17.1. The van der Waals surface area contributed by atoms with Gasteiger partial charge in [-0.1, -0.05) is 29.0 Å². The zero-order chi connectivity index (χ0) is 22.0. The summed E-state index contributed by atoms with van der Waals surface area (Å²) in [6.45, 7) is 4.03. The number of aliphatic hydroxyl groups excluding tert-OH is 2. The Balaban J connectivity index is 1.35. The summed E-state index contributed by atoms with van der Waals surface area (Å²) < 4.78 is 1.05. The van der Waals surface area contributed by atoms with E-state index in [0.29, 0.717) is 48.6 Å². The lowest BCUT2D eigenvalue weighted by Crippen LogP contribution is -2.50. The number of urea groups is 1. The summed E-state index contributed by atoms with van der Waals surface area (Å²) in [7, 11) is 0. The molecule has 8 nitrogen and oxygen atoms in total. The Morgan fingerprint density at radius 1 is 1.29 bits per heavy atom. The monoisotopic (exact) mass is 461 g/mol. The van der Waals surface area contributed by atoms with Crippen LogP contribution in [0.25, 0.3) is 10.2 Å². The van der Waals surface area contributed by atoms with Crippen LogP contribution in [0.2, 0.25) is 5.02 Å². The maximum atomic E-state index is 12.7. The highest BCUT2D eigenvalue weighted by Gasteiger charge is 2.24. The van der Waals surface area contributed by atoms with Gasteiger partial charge in [0.2, 0.25) is 0 Å². The molecule has 1 aliphatic rings. The molecule has 2 aromatic heterocycles. The number of pyridine rings is 1. The molecule has 0 saturated carbocycles. The van der Waals surface area contributed by atoms with Gasteiger partial charge in [0.05, 0.1) is 28.0 Å². The van der Waals surface area contributed by atoms with Crippen molar-refractivity contribution in [1.29, 1.82) is 0 Å². The van der Waals surface area contributed by atoms with Crippen LogP contribution in [0.4, 0.5) is 15.7 Å². The Kier molecular flexibility index (Phi) is 6.57. The third-order valence-corrected chi connectivity index (χ3v) is 6.40. The Bertz CT molecular complexity index is 1080. The molecule has 2 amide bonds. The second kappa shape index (κ2) is 9.35. The van der Waals surface area contributed by atoms with E-state index in [1.165, 1.54) is 11.3 Å². The number of piperazine rings is 1. The first-order valence-electron chi connectivity index (χ1n) is 10.0. The van der Waals surface area contributed by atoms with Crippen LogP contribution < -0.4 is 10.2 Å². The van der Waals surface area contributed by atoms with E-state index >= 15 is 0 Å². The minimum atomic E-state index is -0.828. The molecule has 0 spiro atoms. The Morgan fingerprint density at radius 2 is 2.06 bits per heavy atom. The molecular formula is C21H24ClN5O3S. The number of thiazole rings is 1. The Labute approximate surface area is 189 Å². The van der Waals surface area contributed by atoms with Gasteiger partial charge in [-0.2, -0.15) is 0 Å². The van der Waals surface area contributed by atoms with Gasteiger partial charge in [-0.3, -0.25) is 5.32 Å². The molecule has 0 unspecified atom stereocenters. The highest BCUT2D eigenvalue weighted by molar-refractivity contribution is 7.22. The van der Waals surface area contributed by atoms with E-state index in [4.69, 9.17) is 16.7 Å². The average Bonchev–Trinajstić information content (AvgIpc) is 3.15. The van der Waals surface area contributed by atoms with Crippen LogP contribution >= 0.6 is 22.9 Å². The normalized spacial score (nSPS) is 15.4. The van der Waals surface area contributed by atoms with Crippen molar-refractivity contribution in [2.45, 2.75) is 19.4 Å². The molecular weight excluding hydrogens is 438 g/mol. The van der Waals surface area contributed by atoms with Gasteiger partial charge in [0.25, 0.3) is 0 Å². The van der Waals surface area contributed by atoms with Crippen LogP contribution in [0.1, 0.15) is 11.1 Å². The van der Waals surface area contributed by atoms with E-state index in [1.54, 1.807) is 17.2 Å². The molecule has 3 heterocycles. The smallest absolute Gasteiger partial charge is 0.323 e. The van der Waals surface area contributed by atoms with Crippen molar-refractivity contribution < 1.29 is 15.0 Å². The lowest BCUT2D eigenvalue weighted by atomic mass is 10.1. The fourth-order valence-electron chi connectivity index (χ4n) is 3.53. The molecule has 3 N–H and O–H groups in total. The molecule has 1 saturated heterocycles. The number of aryl methyl sites for hydroxylation is 1. The van der Waals surface area contributed by atoms with Crippen LogP contribution in [0.5, 0.6) is 0 Å². The van der Waals surface area contributed by atoms with Gasteiger partial charge in [-0.05, 0) is 36.2 Å². The lowest BCUT2D eigenvalue weighted by molar-refractivity contribution is 0.0954. The minimum Gasteiger partial charge on any atom is -0.394 e. The number of carbonyl (C=O) groups excluding carboxylic acids is 1. The number of anilines is 2. The average molecular weight is 462 g/mol. The SMILES string of the molecule is Cc1ccc2nc(NC(=O)N3CCN(c4ncc(C[C@@H](O)CO)cc4Cl)CC3)sc2c1. The number of benzene rings is 1. The van der Waals surface area contributed by atoms with Crippen LogP contribution in [-0.4, -0.2) is 70.0 Å². The number of aromatic nitrogens is 2. The van der Waals surface area contributed by atoms with E-state index in [0.717, 1.165) is 21.3 Å². The number of nitrogens with zero attached hydrogens (tertiary/aromatic N) is 4. The van der Waals surface area contributed by atoms with Crippen molar-refractivity contribution in [2.24, 2.45) is 0 Å². The maximum Gasteiger partial charge on any atom is 0.323 e. The van der Waals surface area contributed by atoms with Gasteiger partial charge < -0.3 is 20.0 Å². The number of hydrogen-bond acceptors (Lipinski definition) is 7. The van der Waals surface area contributed by atoms with Crippen molar-refractivity contribution in [1.82, 2.24) is 14.9 Å². The first kappa shape index (κ1) is 21.8. The van der Waals surface area contributed by atoms with Crippen molar-refractivity contribution in [3.8, 4) is 0 Å². The molecule has 4 rings (SSSR count). The van der Waals surface area contributed by atoms with Crippen molar-refractivity contribution in [3.63, 3.8) is 0 Å². The molecule has 10 heteroatoms. The topological polar surface area (TPSA) is 102 Å². The first-order valence-corrected chi connectivity index (χ1v) is 11.2. The number of rotatable bonds is 5. The van der Waals surface area contributed by atoms with Gasteiger partial charge in [0, 0.05) is 38.8 Å². The molecule has 0 aliphatic carbocycles. The fourth-order valence-corrected chi connectivity index (χ4v) is 4.79. The summed E-state index contributed by atoms with van der Waals surface area (Å²) in [6, 6.07) is 7.63. The Morgan fingerprint density at radius 3 is 2.77 bits per heavy atom. The number of carbonyl (C=O) groups is 1. The second-order valence-corrected chi connectivity index (χ2v) is 9.02. The van der Waals surface area contributed by atoms with Gasteiger partial charge in [-0.25, -0.2) is 14.8 Å². The van der Waals surface area contributed by atoms with E-state index in [9.17, 15) is 9.90 Å². The molecule has 1 aliphatic heterocycles. The largest absolute Gasteiger partial charge is 0.394 e. The van der Waals surface area contributed by atoms with Gasteiger partial charge in [0.1, 0.15) is 5.82 Å². The minimum absolute atomic E-state index is 0.164. The van der Waals surface area contributed by atoms with Crippen molar-refractivity contribution in [2.75, 3.05) is 43.0 Å².